The molecule has 0 saturated carbocycles. The van der Waals surface area contributed by atoms with Gasteiger partial charge in [-0.2, -0.15) is 5.10 Å². The topological polar surface area (TPSA) is 47.3 Å². The fourth-order valence-corrected chi connectivity index (χ4v) is 1.96. The molecule has 0 radical (unpaired) electrons. The monoisotopic (exact) mass is 300 g/mol. The second-order valence-corrected chi connectivity index (χ2v) is 4.85. The summed E-state index contributed by atoms with van der Waals surface area (Å²) >= 11 is 11.9. The molecular weight excluding hydrogens is 287 g/mol. The molecule has 1 aromatic heterocycles. The first-order valence-electron chi connectivity index (χ1n) is 5.89. The molecule has 0 bridgehead atoms. The van der Waals surface area contributed by atoms with Crippen molar-refractivity contribution < 1.29 is 9.84 Å². The largest absolute Gasteiger partial charge is 0.490 e. The summed E-state index contributed by atoms with van der Waals surface area (Å²) in [5.41, 5.74) is 1.00. The van der Waals surface area contributed by atoms with Crippen molar-refractivity contribution in [2.45, 2.75) is 13.0 Å². The first kappa shape index (κ1) is 14.2. The highest BCUT2D eigenvalue weighted by Crippen LogP contribution is 2.27. The lowest BCUT2D eigenvalue weighted by Gasteiger charge is -2.08. The number of aliphatic hydroxyl groups excluding tert-OH is 1. The molecule has 0 fully saturated rings. The van der Waals surface area contributed by atoms with E-state index in [4.69, 9.17) is 33.0 Å². The van der Waals surface area contributed by atoms with Crippen molar-refractivity contribution in [3.05, 3.63) is 46.2 Å². The second-order valence-electron chi connectivity index (χ2n) is 4.01. The molecule has 0 spiro atoms. The molecule has 0 atom stereocenters. The van der Waals surface area contributed by atoms with E-state index in [1.807, 2.05) is 6.20 Å². The van der Waals surface area contributed by atoms with E-state index in [1.54, 1.807) is 29.1 Å². The average molecular weight is 301 g/mol. The number of ether oxygens (including phenoxy) is 1. The highest BCUT2D eigenvalue weighted by molar-refractivity contribution is 6.34. The smallest absolute Gasteiger partial charge is 0.139 e. The van der Waals surface area contributed by atoms with Crippen molar-refractivity contribution in [3.63, 3.8) is 0 Å². The number of nitrogens with zero attached hydrogens (tertiary/aromatic N) is 2. The van der Waals surface area contributed by atoms with Crippen LogP contribution in [0.15, 0.2) is 30.6 Å². The van der Waals surface area contributed by atoms with Crippen LogP contribution < -0.4 is 4.74 Å². The first-order valence-corrected chi connectivity index (χ1v) is 6.64. The molecule has 0 saturated heterocycles. The molecular formula is C13H14Cl2N2O2. The minimum absolute atomic E-state index is 0.125. The van der Waals surface area contributed by atoms with Crippen molar-refractivity contribution in [2.24, 2.45) is 0 Å². The lowest BCUT2D eigenvalue weighted by Crippen LogP contribution is -2.08. The van der Waals surface area contributed by atoms with E-state index in [2.05, 4.69) is 5.10 Å². The van der Waals surface area contributed by atoms with Gasteiger partial charge in [-0.05, 0) is 24.1 Å². The van der Waals surface area contributed by atoms with Gasteiger partial charge in [0, 0.05) is 23.9 Å². The van der Waals surface area contributed by atoms with Gasteiger partial charge in [-0.15, -0.1) is 0 Å². The summed E-state index contributed by atoms with van der Waals surface area (Å²) in [6.07, 6.45) is 4.24. The molecule has 1 aromatic carbocycles. The minimum atomic E-state index is 0.125. The predicted octanol–water partition coefficient (Wildman–Crippen LogP) is 2.80. The molecule has 0 aliphatic carbocycles. The van der Waals surface area contributed by atoms with Gasteiger partial charge in [0.05, 0.1) is 17.8 Å². The van der Waals surface area contributed by atoms with Crippen LogP contribution in [0.3, 0.4) is 0 Å². The molecule has 6 heteroatoms. The SMILES string of the molecule is OCCc1cnn(CCOc2cc(Cl)ccc2Cl)c1. The normalized spacial score (nSPS) is 10.7. The van der Waals surface area contributed by atoms with Gasteiger partial charge in [0.2, 0.25) is 0 Å². The van der Waals surface area contributed by atoms with E-state index in [-0.39, 0.29) is 6.61 Å². The van der Waals surface area contributed by atoms with Crippen LogP contribution in [0.5, 0.6) is 5.75 Å². The Morgan fingerprint density at radius 2 is 2.16 bits per heavy atom. The number of benzene rings is 1. The maximum Gasteiger partial charge on any atom is 0.139 e. The summed E-state index contributed by atoms with van der Waals surface area (Å²) in [4.78, 5) is 0. The van der Waals surface area contributed by atoms with E-state index in [1.165, 1.54) is 0 Å². The number of rotatable bonds is 6. The van der Waals surface area contributed by atoms with Gasteiger partial charge >= 0.3 is 0 Å². The van der Waals surface area contributed by atoms with Gasteiger partial charge in [-0.25, -0.2) is 0 Å². The van der Waals surface area contributed by atoms with Crippen LogP contribution in [0.2, 0.25) is 10.0 Å². The fraction of sp³-hybridized carbons (Fsp3) is 0.308. The van der Waals surface area contributed by atoms with Crippen LogP contribution in [-0.2, 0) is 13.0 Å². The van der Waals surface area contributed by atoms with Crippen LogP contribution in [0.1, 0.15) is 5.56 Å². The third kappa shape index (κ3) is 4.13. The number of aliphatic hydroxyl groups is 1. The zero-order valence-corrected chi connectivity index (χ0v) is 11.7. The van der Waals surface area contributed by atoms with Gasteiger partial charge in [0.25, 0.3) is 0 Å². The summed E-state index contributed by atoms with van der Waals surface area (Å²) in [5, 5.41) is 14.1. The summed E-state index contributed by atoms with van der Waals surface area (Å²) in [7, 11) is 0. The van der Waals surface area contributed by atoms with E-state index >= 15 is 0 Å². The van der Waals surface area contributed by atoms with Gasteiger partial charge in [0.15, 0.2) is 0 Å². The third-order valence-electron chi connectivity index (χ3n) is 2.56. The molecule has 1 heterocycles. The molecule has 19 heavy (non-hydrogen) atoms. The number of hydrogen-bond donors (Lipinski definition) is 1. The highest BCUT2D eigenvalue weighted by Gasteiger charge is 2.03. The van der Waals surface area contributed by atoms with E-state index in [0.717, 1.165) is 5.56 Å². The van der Waals surface area contributed by atoms with Crippen molar-refractivity contribution in [1.29, 1.82) is 0 Å². The van der Waals surface area contributed by atoms with Crippen LogP contribution in [0, 0.1) is 0 Å². The van der Waals surface area contributed by atoms with Gasteiger partial charge < -0.3 is 9.84 Å². The summed E-state index contributed by atoms with van der Waals surface area (Å²) in [6.45, 7) is 1.18. The standard InChI is InChI=1S/C13H14Cl2N2O2/c14-11-1-2-12(15)13(7-11)19-6-4-17-9-10(3-5-18)8-16-17/h1-2,7-9,18H,3-6H2. The Kier molecular flexibility index (Phi) is 5.07. The Morgan fingerprint density at radius 3 is 2.95 bits per heavy atom. The molecule has 1 N–H and O–H groups in total. The predicted molar refractivity (Wildman–Crippen MR) is 75.0 cm³/mol. The molecule has 2 aromatic rings. The second kappa shape index (κ2) is 6.80. The Morgan fingerprint density at radius 1 is 1.32 bits per heavy atom. The van der Waals surface area contributed by atoms with E-state index in [0.29, 0.717) is 35.4 Å². The summed E-state index contributed by atoms with van der Waals surface area (Å²) in [5.74, 6) is 0.567. The molecule has 0 amide bonds. The van der Waals surface area contributed by atoms with Gasteiger partial charge in [0.1, 0.15) is 12.4 Å². The number of halogens is 2. The maximum absolute atomic E-state index is 8.82. The summed E-state index contributed by atoms with van der Waals surface area (Å²) in [6, 6.07) is 5.10. The van der Waals surface area contributed by atoms with E-state index in [9.17, 15) is 0 Å². The molecule has 0 unspecified atom stereocenters. The Balaban J connectivity index is 1.87. The molecule has 102 valence electrons. The average Bonchev–Trinajstić information content (AvgIpc) is 2.82. The molecule has 4 nitrogen and oxygen atoms in total. The van der Waals surface area contributed by atoms with Crippen molar-refractivity contribution >= 4 is 23.2 Å². The van der Waals surface area contributed by atoms with E-state index < -0.39 is 0 Å². The van der Waals surface area contributed by atoms with Gasteiger partial charge in [-0.3, -0.25) is 4.68 Å². The Hall–Kier alpha value is -1.23. The first-order chi connectivity index (χ1) is 9.19. The number of aromatic nitrogens is 2. The zero-order chi connectivity index (χ0) is 13.7. The lowest BCUT2D eigenvalue weighted by atomic mass is 10.3. The highest BCUT2D eigenvalue weighted by atomic mass is 35.5. The van der Waals surface area contributed by atoms with Crippen LogP contribution in [0.25, 0.3) is 0 Å². The molecule has 0 aliphatic heterocycles. The van der Waals surface area contributed by atoms with Gasteiger partial charge in [-0.1, -0.05) is 23.2 Å². The maximum atomic E-state index is 8.82. The minimum Gasteiger partial charge on any atom is -0.490 e. The van der Waals surface area contributed by atoms with Crippen molar-refractivity contribution in [2.75, 3.05) is 13.2 Å². The van der Waals surface area contributed by atoms with Crippen LogP contribution >= 0.6 is 23.2 Å². The Bertz CT molecular complexity index is 543. The zero-order valence-electron chi connectivity index (χ0n) is 10.2. The molecule has 0 aliphatic rings. The third-order valence-corrected chi connectivity index (χ3v) is 3.11. The number of hydrogen-bond acceptors (Lipinski definition) is 3. The fourth-order valence-electron chi connectivity index (χ4n) is 1.62. The van der Waals surface area contributed by atoms with Crippen LogP contribution in [0.4, 0.5) is 0 Å². The molecule has 2 rings (SSSR count). The summed E-state index contributed by atoms with van der Waals surface area (Å²) < 4.78 is 7.33. The van der Waals surface area contributed by atoms with Crippen molar-refractivity contribution in [3.8, 4) is 5.75 Å². The van der Waals surface area contributed by atoms with Crippen LogP contribution in [-0.4, -0.2) is 28.1 Å². The lowest BCUT2D eigenvalue weighted by molar-refractivity contribution is 0.291. The Labute approximate surface area is 121 Å². The van der Waals surface area contributed by atoms with Crippen molar-refractivity contribution in [1.82, 2.24) is 9.78 Å². The quantitative estimate of drug-likeness (QED) is 0.892.